The molecule has 127 heavy (non-hydrogen) atoms. The summed E-state index contributed by atoms with van der Waals surface area (Å²) in [5, 5.41) is 54.1. The van der Waals surface area contributed by atoms with Crippen molar-refractivity contribution >= 4 is 23.3 Å². The van der Waals surface area contributed by atoms with Gasteiger partial charge in [0, 0.05) is 75.5 Å². The van der Waals surface area contributed by atoms with Gasteiger partial charge >= 0.3 is 22.8 Å². The van der Waals surface area contributed by atoms with E-state index < -0.39 is 155 Å². The van der Waals surface area contributed by atoms with Crippen LogP contribution in [0.15, 0.2) is 174 Å². The van der Waals surface area contributed by atoms with Crippen molar-refractivity contribution < 1.29 is 96.6 Å². The Bertz CT molecular complexity index is 4890. The topological polar surface area (TPSA) is 459 Å². The zero-order chi connectivity index (χ0) is 93.6. The van der Waals surface area contributed by atoms with Crippen LogP contribution in [0.5, 0.6) is 11.5 Å². The van der Waals surface area contributed by atoms with Gasteiger partial charge in [0.2, 0.25) is 0 Å². The van der Waals surface area contributed by atoms with E-state index in [0.717, 1.165) is 32.8 Å². The number of nitrogens with one attached hydrogen (secondary N) is 4. The number of aliphatic hydroxyl groups is 5. The van der Waals surface area contributed by atoms with Gasteiger partial charge in [0.1, 0.15) is 77.1 Å². The van der Waals surface area contributed by atoms with Crippen LogP contribution in [-0.2, 0) is 61.7 Å². The lowest BCUT2D eigenvalue weighted by Crippen LogP contribution is -2.43. The zero-order valence-corrected chi connectivity index (χ0v) is 76.1. The fourth-order valence-electron chi connectivity index (χ4n) is 14.3. The van der Waals surface area contributed by atoms with Crippen molar-refractivity contribution in [2.75, 3.05) is 54.6 Å². The van der Waals surface area contributed by atoms with Crippen LogP contribution < -0.4 is 54.2 Å². The maximum absolute atomic E-state index is 12.7. The number of aryl methyl sites for hydroxylation is 3. The SMILES string of the molecule is CC[C@H]1O[C@@H](n2cc(C)c(=O)[nH]c2=O)[C@@H](O[C@H](C)[C@@H](C)OC)C1O.CC[C@H]1O[C@@H](n2cc(C)c(=O)[nH]c2=O)[C@@H](O[C@H](C)[C@@H](C)OC)C1O.CC[C@H]1O[C@@H](n2ccc(NC(=O)c3ccccc3)nc2=O)[C@@H](O[C@H](C)[C@@H](C)OC)C1O.CO[C@H](C)[C@@H](C)O[C@H]1C(O)[C@@H](CO)O[C@H]1n1cc(C)c(=O)[nH]c1=O.COc1ccc(C(Cl)(c2ccccc2)c2ccc(OC)cc2)cc1. The lowest BCUT2D eigenvalue weighted by molar-refractivity contribution is -0.130. The summed E-state index contributed by atoms with van der Waals surface area (Å²) < 4.78 is 83.4. The first-order chi connectivity index (χ1) is 60.4. The van der Waals surface area contributed by atoms with Gasteiger partial charge in [-0.15, -0.1) is 11.6 Å². The molecule has 4 aromatic heterocycles. The minimum Gasteiger partial charge on any atom is -0.497 e. The molecule has 0 saturated carbocycles. The molecule has 4 aliphatic rings. The van der Waals surface area contributed by atoms with Crippen molar-refractivity contribution in [2.45, 2.75) is 268 Å². The first-order valence-corrected chi connectivity index (χ1v) is 42.4. The second kappa shape index (κ2) is 47.7. The van der Waals surface area contributed by atoms with Crippen molar-refractivity contribution in [3.8, 4) is 11.5 Å². The number of hydrogen-bond donors (Lipinski definition) is 9. The quantitative estimate of drug-likeness (QED) is 0.0160. The molecule has 4 fully saturated rings. The van der Waals surface area contributed by atoms with Gasteiger partial charge in [0.05, 0.1) is 88.0 Å². The summed E-state index contributed by atoms with van der Waals surface area (Å²) in [7, 11) is 9.58. The van der Waals surface area contributed by atoms with Gasteiger partial charge in [-0.05, 0) is 155 Å². The van der Waals surface area contributed by atoms with Gasteiger partial charge in [-0.25, -0.2) is 19.2 Å². The summed E-state index contributed by atoms with van der Waals surface area (Å²) >= 11 is 7.22. The molecule has 37 heteroatoms. The number of aromatic nitrogens is 8. The van der Waals surface area contributed by atoms with Crippen LogP contribution in [0, 0.1) is 20.8 Å². The third-order valence-corrected chi connectivity index (χ3v) is 23.7. The molecule has 4 aromatic carbocycles. The van der Waals surface area contributed by atoms with Crippen LogP contribution >= 0.6 is 11.6 Å². The number of benzene rings is 4. The molecule has 8 aromatic rings. The van der Waals surface area contributed by atoms with E-state index in [1.165, 1.54) is 51.7 Å². The largest absolute Gasteiger partial charge is 0.497 e. The van der Waals surface area contributed by atoms with Crippen molar-refractivity contribution in [3.05, 3.63) is 252 Å². The summed E-state index contributed by atoms with van der Waals surface area (Å²) in [6.45, 7) is 24.6. The minimum absolute atomic E-state index is 0.125. The van der Waals surface area contributed by atoms with E-state index >= 15 is 0 Å². The van der Waals surface area contributed by atoms with E-state index in [1.807, 2.05) is 154 Å². The monoisotopic (exact) mass is 1800 g/mol. The number of aliphatic hydroxyl groups excluding tert-OH is 5. The lowest BCUT2D eigenvalue weighted by atomic mass is 9.84. The highest BCUT2D eigenvalue weighted by Crippen LogP contribution is 2.45. The molecule has 4 aliphatic heterocycles. The number of H-pyrrole nitrogens is 3. The number of anilines is 1. The van der Waals surface area contributed by atoms with E-state index in [2.05, 4.69) is 25.3 Å². The predicted molar refractivity (Wildman–Crippen MR) is 470 cm³/mol. The molecular formula is C90H124ClN9O27. The van der Waals surface area contributed by atoms with Gasteiger partial charge in [0.15, 0.2) is 24.9 Å². The fraction of sp³-hybridized carbons (Fsp3) is 0.544. The molecule has 4 unspecified atom stereocenters. The van der Waals surface area contributed by atoms with Crippen molar-refractivity contribution in [1.29, 1.82) is 0 Å². The van der Waals surface area contributed by atoms with Crippen LogP contribution in [0.3, 0.4) is 0 Å². The number of nitrogens with zero attached hydrogens (tertiary/aromatic N) is 5. The number of methoxy groups -OCH3 is 6. The summed E-state index contributed by atoms with van der Waals surface area (Å²) in [4.78, 5) is 106. The highest BCUT2D eigenvalue weighted by atomic mass is 35.5. The number of amides is 1. The molecule has 0 radical (unpaired) electrons. The molecule has 0 bridgehead atoms. The Hall–Kier alpha value is -9.52. The fourth-order valence-corrected chi connectivity index (χ4v) is 14.7. The average Bonchev–Trinajstić information content (AvgIpc) is 1.76. The number of hydrogen-bond acceptors (Lipinski definition) is 28. The predicted octanol–water partition coefficient (Wildman–Crippen LogP) is 6.76. The summed E-state index contributed by atoms with van der Waals surface area (Å²) in [5.74, 6) is 1.37. The maximum atomic E-state index is 12.7. The van der Waals surface area contributed by atoms with Gasteiger partial charge in [-0.1, -0.05) is 93.6 Å². The van der Waals surface area contributed by atoms with Crippen LogP contribution in [0.2, 0.25) is 0 Å². The van der Waals surface area contributed by atoms with E-state index in [0.29, 0.717) is 41.5 Å². The molecule has 4 saturated heterocycles. The van der Waals surface area contributed by atoms with Crippen molar-refractivity contribution in [2.24, 2.45) is 0 Å². The van der Waals surface area contributed by atoms with Gasteiger partial charge in [0.25, 0.3) is 22.6 Å². The molecular weight excluding hydrogens is 1670 g/mol. The van der Waals surface area contributed by atoms with E-state index in [-0.39, 0.29) is 54.5 Å². The van der Waals surface area contributed by atoms with Crippen LogP contribution in [0.25, 0.3) is 0 Å². The summed E-state index contributed by atoms with van der Waals surface area (Å²) in [6.07, 6.45) is -7.55. The Morgan fingerprint density at radius 3 is 1.02 bits per heavy atom. The molecule has 12 rings (SSSR count). The highest BCUT2D eigenvalue weighted by molar-refractivity contribution is 6.28. The van der Waals surface area contributed by atoms with Crippen molar-refractivity contribution in [3.63, 3.8) is 0 Å². The van der Waals surface area contributed by atoms with Gasteiger partial charge < -0.3 is 97.2 Å². The van der Waals surface area contributed by atoms with Gasteiger partial charge in [-0.2, -0.15) is 4.98 Å². The smallest absolute Gasteiger partial charge is 0.351 e. The molecule has 24 atom stereocenters. The molecule has 0 spiro atoms. The second-order valence-corrected chi connectivity index (χ2v) is 31.9. The number of carbonyl (C=O) groups excluding carboxylic acids is 1. The first kappa shape index (κ1) is 103. The second-order valence-electron chi connectivity index (χ2n) is 31.4. The summed E-state index contributed by atoms with van der Waals surface area (Å²) in [5.41, 5.74) is 0.644. The Balaban J connectivity index is 0.000000197. The van der Waals surface area contributed by atoms with Gasteiger partial charge in [-0.3, -0.25) is 52.4 Å². The maximum Gasteiger partial charge on any atom is 0.351 e. The normalized spacial score (nSPS) is 25.0. The van der Waals surface area contributed by atoms with Crippen molar-refractivity contribution in [1.82, 2.24) is 38.2 Å². The van der Waals surface area contributed by atoms with Crippen LogP contribution in [-0.4, -0.2) is 241 Å². The van der Waals surface area contributed by atoms with E-state index in [4.69, 9.17) is 77.9 Å². The van der Waals surface area contributed by atoms with Crippen LogP contribution in [0.4, 0.5) is 5.82 Å². The molecule has 9 N–H and O–H groups in total. The highest BCUT2D eigenvalue weighted by Gasteiger charge is 2.51. The van der Waals surface area contributed by atoms with Crippen LogP contribution in [0.1, 0.15) is 164 Å². The standard InChI is InChI=1S/C22H29N3O6.C21H19ClO2.2C16H26N2O6.C15H24N2O7/c1-5-16-18(26)19(30-14(3)13(2)29-4)21(31-16)25-12-11-17(24-22(25)28)23-20(27)15-9-7-6-8-10-15;1-23-19-12-8-17(9-13-19)21(22,16-6-4-3-5-7-16)18-10-14-20(24-2)15-11-18;2*1-6-11-12(19)13(23-10(4)9(3)22-5)15(24-11)18-7-8(2)14(20)17-16(18)21;1-7-5-17(15(21)16-13(7)20)14-12(11(19)10(6-18)24-14)23-9(3)8(2)22-4/h6-14,16,18-19,21,26H,5H2,1-4H3,(H,23,24,27,28);3-15H,1-2H3;2*7,9-13,15,19H,6H2,1-5H3,(H,17,20,21);5,8-12,14,18-19H,6H2,1-4H3,(H,16,20,21)/t13-,14-,16-,18?,19+,21-;;2*9-,10-,11-,12?,13+,15-;8-,9-,10-,11?,12+,14-/m1.111/s1. The zero-order valence-electron chi connectivity index (χ0n) is 75.3. The Kier molecular flexibility index (Phi) is 38.6. The number of halogens is 1. The molecule has 1 amide bonds. The third kappa shape index (κ3) is 25.3. The number of alkyl halides is 1. The van der Waals surface area contributed by atoms with E-state index in [9.17, 15) is 63.9 Å². The molecule has 36 nitrogen and oxygen atoms in total. The molecule has 8 heterocycles. The Morgan fingerprint density at radius 1 is 0.433 bits per heavy atom. The number of rotatable bonds is 31. The Labute approximate surface area is 740 Å². The number of ether oxygens (including phenoxy) is 14. The molecule has 0 aliphatic carbocycles. The van der Waals surface area contributed by atoms with E-state index in [1.54, 1.807) is 87.5 Å². The summed E-state index contributed by atoms with van der Waals surface area (Å²) in [6, 6.07) is 36.0. The lowest BCUT2D eigenvalue weighted by Gasteiger charge is -2.29. The average molecular weight is 1800 g/mol. The third-order valence-electron chi connectivity index (χ3n) is 23.0. The number of carbonyl (C=O) groups is 1. The minimum atomic E-state index is -1.13. The Morgan fingerprint density at radius 2 is 0.724 bits per heavy atom. The number of aromatic amines is 3. The molecule has 698 valence electrons. The first-order valence-electron chi connectivity index (χ1n) is 42.1.